The van der Waals surface area contributed by atoms with Gasteiger partial charge in [0.25, 0.3) is 5.91 Å². The number of ether oxygens (including phenoxy) is 2. The van der Waals surface area contributed by atoms with Crippen LogP contribution in [-0.4, -0.2) is 18.7 Å². The van der Waals surface area contributed by atoms with Crippen molar-refractivity contribution in [2.75, 3.05) is 6.61 Å². The van der Waals surface area contributed by atoms with Crippen LogP contribution in [0.15, 0.2) is 82.4 Å². The number of hydrogen-bond acceptors (Lipinski definition) is 4. The van der Waals surface area contributed by atoms with E-state index in [-0.39, 0.29) is 12.5 Å². The maximum Gasteiger partial charge on any atom is 0.277 e. The molecule has 3 rings (SSSR count). The molecule has 3 aromatic rings. The number of carbonyl (C=O) groups excluding carboxylic acids is 1. The minimum absolute atomic E-state index is 0.126. The summed E-state index contributed by atoms with van der Waals surface area (Å²) in [5, 5.41) is 3.98. The Kier molecular flexibility index (Phi) is 7.41. The van der Waals surface area contributed by atoms with Gasteiger partial charge in [0.1, 0.15) is 18.1 Å². The summed E-state index contributed by atoms with van der Waals surface area (Å²) < 4.78 is 12.1. The summed E-state index contributed by atoms with van der Waals surface area (Å²) in [4.78, 5) is 11.9. The highest BCUT2D eigenvalue weighted by molar-refractivity contribution is 9.10. The van der Waals surface area contributed by atoms with Crippen LogP contribution in [-0.2, 0) is 11.4 Å². The zero-order valence-electron chi connectivity index (χ0n) is 16.0. The fourth-order valence-electron chi connectivity index (χ4n) is 2.50. The number of benzene rings is 3. The van der Waals surface area contributed by atoms with Crippen LogP contribution in [0.2, 0.25) is 0 Å². The summed E-state index contributed by atoms with van der Waals surface area (Å²) in [6.07, 6.45) is 1.56. The van der Waals surface area contributed by atoms with Gasteiger partial charge in [-0.3, -0.25) is 4.79 Å². The van der Waals surface area contributed by atoms with Crippen LogP contribution in [0, 0.1) is 6.92 Å². The van der Waals surface area contributed by atoms with Crippen LogP contribution in [0.5, 0.6) is 11.5 Å². The molecule has 0 aliphatic carbocycles. The Morgan fingerprint density at radius 2 is 1.86 bits per heavy atom. The van der Waals surface area contributed by atoms with Crippen molar-refractivity contribution in [3.8, 4) is 11.5 Å². The van der Waals surface area contributed by atoms with Gasteiger partial charge in [0.2, 0.25) is 0 Å². The van der Waals surface area contributed by atoms with Gasteiger partial charge >= 0.3 is 0 Å². The molecular formula is C23H21BrN2O3. The third-order valence-electron chi connectivity index (χ3n) is 3.96. The van der Waals surface area contributed by atoms with Crippen molar-refractivity contribution in [3.05, 3.63) is 94.0 Å². The number of aryl methyl sites for hydroxylation is 1. The molecule has 0 heterocycles. The van der Waals surface area contributed by atoms with Crippen LogP contribution < -0.4 is 14.9 Å². The molecule has 3 aromatic carbocycles. The second-order valence-corrected chi connectivity index (χ2v) is 7.22. The van der Waals surface area contributed by atoms with E-state index < -0.39 is 0 Å². The number of amides is 1. The Hall–Kier alpha value is -3.12. The van der Waals surface area contributed by atoms with Gasteiger partial charge in [-0.15, -0.1) is 0 Å². The Morgan fingerprint density at radius 1 is 1.03 bits per heavy atom. The average molecular weight is 453 g/mol. The molecule has 0 unspecified atom stereocenters. The molecule has 0 aliphatic rings. The lowest BCUT2D eigenvalue weighted by atomic mass is 10.2. The van der Waals surface area contributed by atoms with E-state index in [0.29, 0.717) is 12.4 Å². The van der Waals surface area contributed by atoms with E-state index in [4.69, 9.17) is 9.47 Å². The summed E-state index contributed by atoms with van der Waals surface area (Å²) in [6.45, 7) is 2.35. The van der Waals surface area contributed by atoms with Crippen LogP contribution in [0.25, 0.3) is 0 Å². The largest absolute Gasteiger partial charge is 0.489 e. The van der Waals surface area contributed by atoms with Crippen molar-refractivity contribution < 1.29 is 14.3 Å². The summed E-state index contributed by atoms with van der Waals surface area (Å²) >= 11 is 3.42. The lowest BCUT2D eigenvalue weighted by molar-refractivity contribution is -0.123. The molecular weight excluding hydrogens is 432 g/mol. The summed E-state index contributed by atoms with van der Waals surface area (Å²) in [5.74, 6) is 1.000. The number of carbonyl (C=O) groups is 1. The van der Waals surface area contributed by atoms with Crippen molar-refractivity contribution in [2.45, 2.75) is 13.5 Å². The van der Waals surface area contributed by atoms with Crippen LogP contribution in [0.3, 0.4) is 0 Å². The first kappa shape index (κ1) is 20.6. The van der Waals surface area contributed by atoms with Gasteiger partial charge in [-0.2, -0.15) is 5.10 Å². The molecule has 148 valence electrons. The maximum absolute atomic E-state index is 11.9. The topological polar surface area (TPSA) is 59.9 Å². The highest BCUT2D eigenvalue weighted by Gasteiger charge is 2.05. The molecule has 1 N–H and O–H groups in total. The van der Waals surface area contributed by atoms with Gasteiger partial charge in [-0.05, 0) is 63.8 Å². The van der Waals surface area contributed by atoms with Gasteiger partial charge in [-0.1, -0.05) is 48.5 Å². The zero-order chi connectivity index (χ0) is 20.5. The predicted octanol–water partition coefficient (Wildman–Crippen LogP) is 4.87. The number of halogens is 1. The van der Waals surface area contributed by atoms with E-state index in [0.717, 1.165) is 26.9 Å². The van der Waals surface area contributed by atoms with E-state index in [2.05, 4.69) is 26.5 Å². The molecule has 0 fully saturated rings. The van der Waals surface area contributed by atoms with Gasteiger partial charge in [-0.25, -0.2) is 5.43 Å². The Balaban J connectivity index is 1.47. The third-order valence-corrected chi connectivity index (χ3v) is 4.58. The zero-order valence-corrected chi connectivity index (χ0v) is 17.6. The smallest absolute Gasteiger partial charge is 0.277 e. The lowest BCUT2D eigenvalue weighted by Gasteiger charge is -2.08. The predicted molar refractivity (Wildman–Crippen MR) is 117 cm³/mol. The summed E-state index contributed by atoms with van der Waals surface area (Å²) in [7, 11) is 0. The molecule has 0 aliphatic heterocycles. The number of hydrazone groups is 1. The number of rotatable bonds is 8. The second kappa shape index (κ2) is 10.4. The summed E-state index contributed by atoms with van der Waals surface area (Å²) in [6, 6.07) is 23.1. The molecule has 0 saturated carbocycles. The van der Waals surface area contributed by atoms with E-state index in [1.54, 1.807) is 6.21 Å². The second-order valence-electron chi connectivity index (χ2n) is 6.36. The van der Waals surface area contributed by atoms with Crippen molar-refractivity contribution >= 4 is 28.1 Å². The first-order chi connectivity index (χ1) is 14.1. The van der Waals surface area contributed by atoms with Crippen molar-refractivity contribution in [1.82, 2.24) is 5.43 Å². The molecule has 0 spiro atoms. The van der Waals surface area contributed by atoms with Crippen molar-refractivity contribution in [1.29, 1.82) is 0 Å². The van der Waals surface area contributed by atoms with Crippen LogP contribution in [0.1, 0.15) is 16.7 Å². The molecule has 0 saturated heterocycles. The van der Waals surface area contributed by atoms with Gasteiger partial charge in [0.15, 0.2) is 6.61 Å². The maximum atomic E-state index is 11.9. The Bertz CT molecular complexity index is 990. The first-order valence-electron chi connectivity index (χ1n) is 9.08. The van der Waals surface area contributed by atoms with Crippen molar-refractivity contribution in [2.24, 2.45) is 5.10 Å². The van der Waals surface area contributed by atoms with Gasteiger partial charge in [0, 0.05) is 0 Å². The van der Waals surface area contributed by atoms with Crippen molar-refractivity contribution in [3.63, 3.8) is 0 Å². The Morgan fingerprint density at radius 3 is 2.66 bits per heavy atom. The summed E-state index contributed by atoms with van der Waals surface area (Å²) in [5.41, 5.74) is 5.48. The SMILES string of the molecule is Cc1ccc(OCC(=O)N/N=C/c2cccc(OCc3ccccc3)c2)c(Br)c1. The molecule has 0 radical (unpaired) electrons. The normalized spacial score (nSPS) is 10.7. The minimum Gasteiger partial charge on any atom is -0.489 e. The fraction of sp³-hybridized carbons (Fsp3) is 0.130. The Labute approximate surface area is 178 Å². The monoisotopic (exact) mass is 452 g/mol. The molecule has 0 atom stereocenters. The van der Waals surface area contributed by atoms with E-state index in [1.165, 1.54) is 0 Å². The highest BCUT2D eigenvalue weighted by atomic mass is 79.9. The lowest BCUT2D eigenvalue weighted by Crippen LogP contribution is -2.24. The standard InChI is InChI=1S/C23H21BrN2O3/c1-17-10-11-22(21(24)12-17)29-16-23(27)26-25-14-19-8-5-9-20(13-19)28-15-18-6-3-2-4-7-18/h2-14H,15-16H2,1H3,(H,26,27)/b25-14+. The quantitative estimate of drug-likeness (QED) is 0.391. The average Bonchev–Trinajstić information content (AvgIpc) is 2.73. The molecule has 0 aromatic heterocycles. The van der Waals surface area contributed by atoms with Gasteiger partial charge < -0.3 is 9.47 Å². The molecule has 1 amide bonds. The van der Waals surface area contributed by atoms with E-state index in [9.17, 15) is 4.79 Å². The van der Waals surface area contributed by atoms with Gasteiger partial charge in [0.05, 0.1) is 10.7 Å². The number of hydrogen-bond donors (Lipinski definition) is 1. The van der Waals surface area contributed by atoms with Crippen LogP contribution in [0.4, 0.5) is 0 Å². The third kappa shape index (κ3) is 6.76. The molecule has 29 heavy (non-hydrogen) atoms. The molecule has 5 nitrogen and oxygen atoms in total. The first-order valence-corrected chi connectivity index (χ1v) is 9.87. The minimum atomic E-state index is -0.342. The molecule has 0 bridgehead atoms. The van der Waals surface area contributed by atoms with Crippen LogP contribution >= 0.6 is 15.9 Å². The molecule has 6 heteroatoms. The van der Waals surface area contributed by atoms with E-state index in [1.807, 2.05) is 79.7 Å². The number of nitrogens with one attached hydrogen (secondary N) is 1. The highest BCUT2D eigenvalue weighted by Crippen LogP contribution is 2.25. The van der Waals surface area contributed by atoms with E-state index >= 15 is 0 Å². The fourth-order valence-corrected chi connectivity index (χ4v) is 3.11. The number of nitrogens with zero attached hydrogens (tertiary/aromatic N) is 1.